The fourth-order valence-corrected chi connectivity index (χ4v) is 1.64. The smallest absolute Gasteiger partial charge is 0.308 e. The number of hydrogen-bond donors (Lipinski definition) is 0. The molecule has 0 unspecified atom stereocenters. The molecule has 0 saturated carbocycles. The molecular formula is C18H34O7. The van der Waals surface area contributed by atoms with Crippen LogP contribution < -0.4 is 0 Å². The van der Waals surface area contributed by atoms with Gasteiger partial charge in [0.25, 0.3) is 0 Å². The molecule has 0 aromatic carbocycles. The third-order valence-corrected chi connectivity index (χ3v) is 2.49. The van der Waals surface area contributed by atoms with Crippen molar-refractivity contribution < 1.29 is 33.3 Å². The summed E-state index contributed by atoms with van der Waals surface area (Å²) in [5.41, 5.74) is -0.937. The topological polar surface area (TPSA) is 80.3 Å². The van der Waals surface area contributed by atoms with Crippen LogP contribution in [-0.2, 0) is 33.3 Å². The molecule has 0 bridgehead atoms. The van der Waals surface area contributed by atoms with Gasteiger partial charge in [-0.3, -0.25) is 9.59 Å². The van der Waals surface area contributed by atoms with Crippen LogP contribution in [0, 0.1) is 0 Å². The summed E-state index contributed by atoms with van der Waals surface area (Å²) in [5.74, 6) is -0.543. The minimum absolute atomic E-state index is 0.227. The first-order chi connectivity index (χ1) is 11.5. The van der Waals surface area contributed by atoms with Crippen molar-refractivity contribution in [3.63, 3.8) is 0 Å². The molecular weight excluding hydrogens is 328 g/mol. The number of esters is 2. The summed E-state index contributed by atoms with van der Waals surface area (Å²) < 4.78 is 26.2. The Hall–Kier alpha value is -1.18. The van der Waals surface area contributed by atoms with Crippen LogP contribution in [0.4, 0.5) is 0 Å². The average molecular weight is 362 g/mol. The lowest BCUT2D eigenvalue weighted by Crippen LogP contribution is -2.24. The molecule has 0 aliphatic rings. The summed E-state index contributed by atoms with van der Waals surface area (Å²) in [6.45, 7) is 13.2. The largest absolute Gasteiger partial charge is 0.460 e. The summed E-state index contributed by atoms with van der Waals surface area (Å²) in [6.07, 6.45) is 0.454. The van der Waals surface area contributed by atoms with E-state index >= 15 is 0 Å². The van der Waals surface area contributed by atoms with E-state index in [2.05, 4.69) is 0 Å². The minimum Gasteiger partial charge on any atom is -0.460 e. The molecule has 25 heavy (non-hydrogen) atoms. The quantitative estimate of drug-likeness (QED) is 0.390. The predicted molar refractivity (Wildman–Crippen MR) is 93.4 cm³/mol. The maximum Gasteiger partial charge on any atom is 0.308 e. The van der Waals surface area contributed by atoms with E-state index in [1.807, 2.05) is 41.5 Å². The van der Waals surface area contributed by atoms with E-state index in [0.717, 1.165) is 0 Å². The van der Waals surface area contributed by atoms with Gasteiger partial charge in [-0.15, -0.1) is 0 Å². The van der Waals surface area contributed by atoms with E-state index in [1.54, 1.807) is 0 Å². The Bertz CT molecular complexity index is 344. The van der Waals surface area contributed by atoms with Crippen molar-refractivity contribution in [1.82, 2.24) is 0 Å². The molecule has 0 amide bonds. The van der Waals surface area contributed by atoms with Gasteiger partial charge < -0.3 is 23.7 Å². The van der Waals surface area contributed by atoms with E-state index in [0.29, 0.717) is 39.6 Å². The SMILES string of the molecule is CC(C)(C)OC(=O)CCOCCOCCOCCC(=O)OC(C)(C)C. The maximum absolute atomic E-state index is 11.4. The Morgan fingerprint density at radius 1 is 0.560 bits per heavy atom. The molecule has 7 nitrogen and oxygen atoms in total. The monoisotopic (exact) mass is 362 g/mol. The highest BCUT2D eigenvalue weighted by atomic mass is 16.6. The Morgan fingerprint density at radius 3 is 1.12 bits per heavy atom. The normalized spacial score (nSPS) is 12.1. The molecule has 0 radical (unpaired) electrons. The van der Waals surface area contributed by atoms with Crippen molar-refractivity contribution in [3.05, 3.63) is 0 Å². The van der Waals surface area contributed by atoms with Gasteiger partial charge in [0.15, 0.2) is 0 Å². The number of carbonyl (C=O) groups excluding carboxylic acids is 2. The second-order valence-electron chi connectivity index (χ2n) is 7.51. The first-order valence-corrected chi connectivity index (χ1v) is 8.66. The molecule has 148 valence electrons. The second-order valence-corrected chi connectivity index (χ2v) is 7.51. The van der Waals surface area contributed by atoms with Crippen LogP contribution in [0.25, 0.3) is 0 Å². The van der Waals surface area contributed by atoms with Gasteiger partial charge in [-0.25, -0.2) is 0 Å². The van der Waals surface area contributed by atoms with E-state index in [-0.39, 0.29) is 24.8 Å². The third kappa shape index (κ3) is 19.0. The lowest BCUT2D eigenvalue weighted by atomic mass is 10.2. The molecule has 0 atom stereocenters. The zero-order valence-corrected chi connectivity index (χ0v) is 16.5. The van der Waals surface area contributed by atoms with Gasteiger partial charge in [-0.2, -0.15) is 0 Å². The molecule has 0 aromatic rings. The van der Waals surface area contributed by atoms with Crippen LogP contribution in [0.5, 0.6) is 0 Å². The Balaban J connectivity index is 3.35. The van der Waals surface area contributed by atoms with Crippen LogP contribution in [-0.4, -0.2) is 62.8 Å². The zero-order chi connectivity index (χ0) is 19.3. The molecule has 0 aliphatic heterocycles. The summed E-state index contributed by atoms with van der Waals surface area (Å²) in [5, 5.41) is 0. The first-order valence-electron chi connectivity index (χ1n) is 8.66. The van der Waals surface area contributed by atoms with Crippen molar-refractivity contribution in [1.29, 1.82) is 0 Å². The minimum atomic E-state index is -0.469. The highest BCUT2D eigenvalue weighted by molar-refractivity contribution is 5.70. The van der Waals surface area contributed by atoms with Crippen LogP contribution in [0.15, 0.2) is 0 Å². The molecule has 0 aromatic heterocycles. The second kappa shape index (κ2) is 12.2. The third-order valence-electron chi connectivity index (χ3n) is 2.49. The van der Waals surface area contributed by atoms with Gasteiger partial charge in [-0.1, -0.05) is 0 Å². The van der Waals surface area contributed by atoms with Gasteiger partial charge in [0.1, 0.15) is 11.2 Å². The fraction of sp³-hybridized carbons (Fsp3) is 0.889. The van der Waals surface area contributed by atoms with Crippen molar-refractivity contribution in [2.24, 2.45) is 0 Å². The average Bonchev–Trinajstić information content (AvgIpc) is 2.40. The highest BCUT2D eigenvalue weighted by Gasteiger charge is 2.16. The van der Waals surface area contributed by atoms with E-state index in [4.69, 9.17) is 23.7 Å². The Morgan fingerprint density at radius 2 is 0.840 bits per heavy atom. The standard InChI is InChI=1S/C18H34O7/c1-17(2,3)24-15(19)7-9-21-11-13-23-14-12-22-10-8-16(20)25-18(4,5)6/h7-14H2,1-6H3. The van der Waals surface area contributed by atoms with E-state index in [1.165, 1.54) is 0 Å². The molecule has 7 heteroatoms. The molecule has 0 heterocycles. The van der Waals surface area contributed by atoms with Gasteiger partial charge in [0.05, 0.1) is 52.5 Å². The van der Waals surface area contributed by atoms with Crippen LogP contribution in [0.3, 0.4) is 0 Å². The van der Waals surface area contributed by atoms with Crippen molar-refractivity contribution in [3.8, 4) is 0 Å². The van der Waals surface area contributed by atoms with E-state index < -0.39 is 11.2 Å². The zero-order valence-electron chi connectivity index (χ0n) is 16.5. The Labute approximate surface area is 151 Å². The lowest BCUT2D eigenvalue weighted by Gasteiger charge is -2.19. The van der Waals surface area contributed by atoms with Gasteiger partial charge in [0, 0.05) is 0 Å². The summed E-state index contributed by atoms with van der Waals surface area (Å²) in [4.78, 5) is 22.9. The van der Waals surface area contributed by atoms with Crippen molar-refractivity contribution in [2.45, 2.75) is 65.6 Å². The number of carbonyl (C=O) groups is 2. The summed E-state index contributed by atoms with van der Waals surface area (Å²) in [6, 6.07) is 0. The fourth-order valence-electron chi connectivity index (χ4n) is 1.64. The van der Waals surface area contributed by atoms with Crippen LogP contribution in [0.2, 0.25) is 0 Å². The molecule has 0 rings (SSSR count). The first kappa shape index (κ1) is 23.8. The molecule has 0 fully saturated rings. The molecule has 0 spiro atoms. The van der Waals surface area contributed by atoms with Crippen LogP contribution in [0.1, 0.15) is 54.4 Å². The van der Waals surface area contributed by atoms with Gasteiger partial charge >= 0.3 is 11.9 Å². The summed E-state index contributed by atoms with van der Waals surface area (Å²) in [7, 11) is 0. The molecule has 0 saturated heterocycles. The van der Waals surface area contributed by atoms with E-state index in [9.17, 15) is 9.59 Å². The highest BCUT2D eigenvalue weighted by Crippen LogP contribution is 2.08. The van der Waals surface area contributed by atoms with Crippen molar-refractivity contribution in [2.75, 3.05) is 39.6 Å². The molecule has 0 N–H and O–H groups in total. The van der Waals surface area contributed by atoms with Crippen LogP contribution >= 0.6 is 0 Å². The van der Waals surface area contributed by atoms with Gasteiger partial charge in [0.2, 0.25) is 0 Å². The number of rotatable bonds is 12. The lowest BCUT2D eigenvalue weighted by molar-refractivity contribution is -0.157. The van der Waals surface area contributed by atoms with Gasteiger partial charge in [-0.05, 0) is 41.5 Å². The van der Waals surface area contributed by atoms with Crippen molar-refractivity contribution >= 4 is 11.9 Å². The number of hydrogen-bond acceptors (Lipinski definition) is 7. The molecule has 0 aliphatic carbocycles. The predicted octanol–water partition coefficient (Wildman–Crippen LogP) is 2.50. The summed E-state index contributed by atoms with van der Waals surface area (Å²) >= 11 is 0. The number of ether oxygens (including phenoxy) is 5. The maximum atomic E-state index is 11.4. The Kier molecular flexibility index (Phi) is 11.6.